The summed E-state index contributed by atoms with van der Waals surface area (Å²) < 4.78 is 5.66. The Balaban J connectivity index is 1.17. The van der Waals surface area contributed by atoms with Gasteiger partial charge in [0.25, 0.3) is 0 Å². The topological polar surface area (TPSA) is 57.7 Å². The van der Waals surface area contributed by atoms with E-state index in [9.17, 15) is 4.79 Å². The fourth-order valence-corrected chi connectivity index (χ4v) is 4.33. The number of nitrogens with zero attached hydrogens (tertiary/aromatic N) is 3. The van der Waals surface area contributed by atoms with Crippen molar-refractivity contribution in [2.75, 3.05) is 49.5 Å². The molecule has 1 fully saturated rings. The fraction of sp³-hybridized carbons (Fsp3) is 0.214. The third kappa shape index (κ3) is 5.02. The van der Waals surface area contributed by atoms with E-state index in [1.54, 1.807) is 12.3 Å². The van der Waals surface area contributed by atoms with Crippen LogP contribution in [0.2, 0.25) is 0 Å². The molecule has 0 unspecified atom stereocenters. The van der Waals surface area contributed by atoms with Crippen molar-refractivity contribution in [2.45, 2.75) is 0 Å². The summed E-state index contributed by atoms with van der Waals surface area (Å²) in [5.41, 5.74) is 4.32. The van der Waals surface area contributed by atoms with Crippen molar-refractivity contribution in [3.05, 3.63) is 96.7 Å². The molecule has 0 saturated carbocycles. The highest BCUT2D eigenvalue weighted by molar-refractivity contribution is 5.99. The predicted molar refractivity (Wildman–Crippen MR) is 137 cm³/mol. The number of piperazine rings is 1. The maximum Gasteiger partial charge on any atom is 0.340 e. The van der Waals surface area contributed by atoms with Crippen molar-refractivity contribution in [3.63, 3.8) is 0 Å². The maximum atomic E-state index is 12.9. The second-order valence-electron chi connectivity index (χ2n) is 8.35. The number of nitrogens with one attached hydrogen (secondary N) is 1. The van der Waals surface area contributed by atoms with Gasteiger partial charge in [-0.2, -0.15) is 0 Å². The molecule has 172 valence electrons. The van der Waals surface area contributed by atoms with Crippen molar-refractivity contribution >= 4 is 33.9 Å². The number of hydrogen-bond acceptors (Lipinski definition) is 6. The lowest BCUT2D eigenvalue weighted by Gasteiger charge is -2.35. The van der Waals surface area contributed by atoms with Crippen LogP contribution in [-0.2, 0) is 4.74 Å². The Hall–Kier alpha value is -3.90. The van der Waals surface area contributed by atoms with E-state index in [4.69, 9.17) is 4.74 Å². The zero-order valence-corrected chi connectivity index (χ0v) is 19.1. The van der Waals surface area contributed by atoms with Gasteiger partial charge in [0.2, 0.25) is 0 Å². The van der Waals surface area contributed by atoms with Gasteiger partial charge in [0, 0.05) is 55.7 Å². The highest BCUT2D eigenvalue weighted by atomic mass is 16.5. The third-order valence-electron chi connectivity index (χ3n) is 6.20. The number of anilines is 3. The molecule has 0 spiro atoms. The lowest BCUT2D eigenvalue weighted by atomic mass is 10.1. The summed E-state index contributed by atoms with van der Waals surface area (Å²) in [7, 11) is 0. The molecule has 6 nitrogen and oxygen atoms in total. The minimum absolute atomic E-state index is 0.315. The Morgan fingerprint density at radius 3 is 2.41 bits per heavy atom. The molecule has 2 heterocycles. The highest BCUT2D eigenvalue weighted by Crippen LogP contribution is 2.27. The number of aromatic nitrogens is 1. The van der Waals surface area contributed by atoms with E-state index in [0.29, 0.717) is 12.2 Å². The van der Waals surface area contributed by atoms with Crippen LogP contribution in [0.4, 0.5) is 17.1 Å². The zero-order valence-electron chi connectivity index (χ0n) is 19.1. The van der Waals surface area contributed by atoms with Crippen LogP contribution in [0.15, 0.2) is 91.1 Å². The van der Waals surface area contributed by atoms with E-state index < -0.39 is 0 Å². The van der Waals surface area contributed by atoms with Gasteiger partial charge in [-0.05, 0) is 36.4 Å². The Morgan fingerprint density at radius 2 is 1.56 bits per heavy atom. The van der Waals surface area contributed by atoms with Crippen LogP contribution in [0.5, 0.6) is 0 Å². The molecular weight excluding hydrogens is 424 g/mol. The number of carbonyl (C=O) groups excluding carboxylic acids is 1. The summed E-state index contributed by atoms with van der Waals surface area (Å²) >= 11 is 0. The van der Waals surface area contributed by atoms with Crippen molar-refractivity contribution in [3.8, 4) is 0 Å². The summed E-state index contributed by atoms with van der Waals surface area (Å²) in [4.78, 5) is 22.0. The number of hydrogen-bond donors (Lipinski definition) is 1. The molecule has 0 radical (unpaired) electrons. The first-order valence-electron chi connectivity index (χ1n) is 11.7. The number of carbonyl (C=O) groups is 1. The van der Waals surface area contributed by atoms with Gasteiger partial charge in [0.15, 0.2) is 0 Å². The standard InChI is InChI=1S/C28H28N4O2/c33-28(34-21-20-31-16-18-32(19-17-31)22-8-2-1-3-9-22)24-11-5-7-13-26(24)30-27-14-15-29-25-12-6-4-10-23(25)27/h1-15H,16-21H2,(H,29,30). The van der Waals surface area contributed by atoms with Crippen LogP contribution in [0.1, 0.15) is 10.4 Å². The van der Waals surface area contributed by atoms with Gasteiger partial charge >= 0.3 is 5.97 Å². The zero-order chi connectivity index (χ0) is 23.2. The van der Waals surface area contributed by atoms with E-state index in [0.717, 1.165) is 55.0 Å². The van der Waals surface area contributed by atoms with Crippen LogP contribution in [0, 0.1) is 0 Å². The summed E-state index contributed by atoms with van der Waals surface area (Å²) in [5.74, 6) is -0.315. The lowest BCUT2D eigenvalue weighted by Crippen LogP contribution is -2.47. The molecular formula is C28H28N4O2. The van der Waals surface area contributed by atoms with Gasteiger partial charge in [0.05, 0.1) is 16.8 Å². The third-order valence-corrected chi connectivity index (χ3v) is 6.20. The van der Waals surface area contributed by atoms with Gasteiger partial charge in [-0.1, -0.05) is 48.5 Å². The summed E-state index contributed by atoms with van der Waals surface area (Å²) in [6, 6.07) is 27.8. The Labute approximate surface area is 199 Å². The first-order valence-corrected chi connectivity index (χ1v) is 11.7. The number of benzene rings is 3. The van der Waals surface area contributed by atoms with Crippen LogP contribution in [0.25, 0.3) is 10.9 Å². The van der Waals surface area contributed by atoms with Crippen LogP contribution in [0.3, 0.4) is 0 Å². The molecule has 6 heteroatoms. The predicted octanol–water partition coefficient (Wildman–Crippen LogP) is 4.96. The molecule has 1 saturated heterocycles. The Bertz CT molecular complexity index is 1250. The fourth-order valence-electron chi connectivity index (χ4n) is 4.33. The molecule has 0 atom stereocenters. The van der Waals surface area contributed by atoms with Crippen molar-refractivity contribution in [1.82, 2.24) is 9.88 Å². The number of ether oxygens (including phenoxy) is 1. The van der Waals surface area contributed by atoms with Crippen molar-refractivity contribution < 1.29 is 9.53 Å². The number of rotatable bonds is 7. The molecule has 3 aromatic carbocycles. The normalized spacial score (nSPS) is 14.2. The molecule has 0 amide bonds. The number of para-hydroxylation sites is 3. The average molecular weight is 453 g/mol. The van der Waals surface area contributed by atoms with Crippen LogP contribution < -0.4 is 10.2 Å². The van der Waals surface area contributed by atoms with E-state index in [-0.39, 0.29) is 5.97 Å². The van der Waals surface area contributed by atoms with Crippen molar-refractivity contribution in [2.24, 2.45) is 0 Å². The van der Waals surface area contributed by atoms with E-state index in [2.05, 4.69) is 44.4 Å². The van der Waals surface area contributed by atoms with Crippen LogP contribution in [-0.4, -0.2) is 55.2 Å². The molecule has 4 aromatic rings. The molecule has 34 heavy (non-hydrogen) atoms. The number of esters is 1. The Morgan fingerprint density at radius 1 is 0.824 bits per heavy atom. The number of fused-ring (bicyclic) bond motifs is 1. The Kier molecular flexibility index (Phi) is 6.68. The summed E-state index contributed by atoms with van der Waals surface area (Å²) in [6.45, 7) is 4.98. The largest absolute Gasteiger partial charge is 0.461 e. The van der Waals surface area contributed by atoms with Crippen molar-refractivity contribution in [1.29, 1.82) is 0 Å². The minimum Gasteiger partial charge on any atom is -0.461 e. The van der Waals surface area contributed by atoms with Gasteiger partial charge < -0.3 is 15.0 Å². The SMILES string of the molecule is O=C(OCCN1CCN(c2ccccc2)CC1)c1ccccc1Nc1ccnc2ccccc12. The smallest absolute Gasteiger partial charge is 0.340 e. The molecule has 5 rings (SSSR count). The van der Waals surface area contributed by atoms with Crippen LogP contribution >= 0.6 is 0 Å². The second-order valence-corrected chi connectivity index (χ2v) is 8.35. The van der Waals surface area contributed by atoms with E-state index >= 15 is 0 Å². The molecule has 0 bridgehead atoms. The molecule has 1 aliphatic heterocycles. The molecule has 1 aliphatic rings. The monoisotopic (exact) mass is 452 g/mol. The van der Waals surface area contributed by atoms with Gasteiger partial charge in [-0.25, -0.2) is 4.79 Å². The number of pyridine rings is 1. The highest BCUT2D eigenvalue weighted by Gasteiger charge is 2.18. The molecule has 0 aliphatic carbocycles. The maximum absolute atomic E-state index is 12.9. The van der Waals surface area contributed by atoms with Gasteiger partial charge in [-0.15, -0.1) is 0 Å². The quantitative estimate of drug-likeness (QED) is 0.400. The second kappa shape index (κ2) is 10.4. The van der Waals surface area contributed by atoms with E-state index in [1.165, 1.54) is 5.69 Å². The van der Waals surface area contributed by atoms with Gasteiger partial charge in [0.1, 0.15) is 6.61 Å². The van der Waals surface area contributed by atoms with Gasteiger partial charge in [-0.3, -0.25) is 9.88 Å². The minimum atomic E-state index is -0.315. The molecule has 1 aromatic heterocycles. The summed E-state index contributed by atoms with van der Waals surface area (Å²) in [6.07, 6.45) is 1.77. The lowest BCUT2D eigenvalue weighted by molar-refractivity contribution is 0.0460. The summed E-state index contributed by atoms with van der Waals surface area (Å²) in [5, 5.41) is 4.40. The first kappa shape index (κ1) is 21.9. The average Bonchev–Trinajstić information content (AvgIpc) is 2.90. The first-order chi connectivity index (χ1) is 16.8. The van der Waals surface area contributed by atoms with E-state index in [1.807, 2.05) is 54.6 Å². The molecule has 1 N–H and O–H groups in total.